The Labute approximate surface area is 281 Å². The number of nitrogens with zero attached hydrogens (tertiary/aromatic N) is 2. The number of ether oxygens (including phenoxy) is 1. The largest absolute Gasteiger partial charge is 0.492 e. The number of nitrogens with one attached hydrogen (secondary N) is 1. The van der Waals surface area contributed by atoms with Crippen molar-refractivity contribution in [3.05, 3.63) is 155 Å². The van der Waals surface area contributed by atoms with Gasteiger partial charge < -0.3 is 15.0 Å². The molecule has 5 aromatic rings. The van der Waals surface area contributed by atoms with Crippen LogP contribution in [0.25, 0.3) is 11.1 Å². The van der Waals surface area contributed by atoms with Crippen molar-refractivity contribution < 1.29 is 19.1 Å². The number of aromatic nitrogens is 1. The van der Waals surface area contributed by atoms with Crippen LogP contribution in [0.2, 0.25) is 0 Å². The Balaban J connectivity index is 1.12. The number of unbranched alkanes of at least 4 members (excludes halogenated alkanes) is 1. The van der Waals surface area contributed by atoms with Gasteiger partial charge in [0.05, 0.1) is 13.0 Å². The second-order valence-electron chi connectivity index (χ2n) is 11.2. The van der Waals surface area contributed by atoms with Crippen LogP contribution in [0.5, 0.6) is 5.75 Å². The second-order valence-corrected chi connectivity index (χ2v) is 11.2. The Hall–Kier alpha value is -6.00. The van der Waals surface area contributed by atoms with Crippen LogP contribution in [0.1, 0.15) is 50.4 Å². The highest BCUT2D eigenvalue weighted by Crippen LogP contribution is 2.22. The number of hydrogen-bond acceptors (Lipinski definition) is 5. The second kappa shape index (κ2) is 17.1. The zero-order valence-corrected chi connectivity index (χ0v) is 26.7. The van der Waals surface area contributed by atoms with Gasteiger partial charge in [-0.1, -0.05) is 91.0 Å². The predicted octanol–water partition coefficient (Wildman–Crippen LogP) is 6.77. The first kappa shape index (κ1) is 33.4. The molecular formula is C41H37N3O4. The van der Waals surface area contributed by atoms with Crippen LogP contribution in [0, 0.1) is 12.3 Å². The van der Waals surface area contributed by atoms with Crippen molar-refractivity contribution in [3.8, 4) is 29.2 Å². The van der Waals surface area contributed by atoms with Gasteiger partial charge >= 0.3 is 0 Å². The number of terminal acetylenes is 1. The monoisotopic (exact) mass is 635 g/mol. The number of hydrogen-bond donors (Lipinski definition) is 1. The van der Waals surface area contributed by atoms with Crippen molar-refractivity contribution in [2.45, 2.75) is 25.8 Å². The number of benzene rings is 4. The molecule has 0 saturated heterocycles. The average molecular weight is 636 g/mol. The van der Waals surface area contributed by atoms with Gasteiger partial charge in [0.2, 0.25) is 5.91 Å². The van der Waals surface area contributed by atoms with Gasteiger partial charge in [-0.25, -0.2) is 0 Å². The lowest BCUT2D eigenvalue weighted by molar-refractivity contribution is -0.120. The summed E-state index contributed by atoms with van der Waals surface area (Å²) in [6.07, 6.45) is 8.66. The molecule has 2 amide bonds. The molecule has 0 fully saturated rings. The Kier molecular flexibility index (Phi) is 11.9. The highest BCUT2D eigenvalue weighted by Gasteiger charge is 2.17. The lowest BCUT2D eigenvalue weighted by atomic mass is 10.0. The fraction of sp³-hybridized carbons (Fsp3) is 0.171. The lowest BCUT2D eigenvalue weighted by Crippen LogP contribution is -2.35. The Morgan fingerprint density at radius 1 is 0.729 bits per heavy atom. The summed E-state index contributed by atoms with van der Waals surface area (Å²) in [7, 11) is 0. The highest BCUT2D eigenvalue weighted by molar-refractivity contribution is 6.09. The van der Waals surface area contributed by atoms with E-state index in [1.54, 1.807) is 47.5 Å². The third-order valence-electron chi connectivity index (χ3n) is 7.78. The molecule has 0 unspecified atom stereocenters. The Morgan fingerprint density at radius 3 is 2.04 bits per heavy atom. The van der Waals surface area contributed by atoms with E-state index in [0.29, 0.717) is 67.2 Å². The van der Waals surface area contributed by atoms with Crippen LogP contribution >= 0.6 is 0 Å². The van der Waals surface area contributed by atoms with E-state index in [-0.39, 0.29) is 24.0 Å². The molecule has 0 aliphatic heterocycles. The number of rotatable bonds is 15. The third kappa shape index (κ3) is 9.51. The van der Waals surface area contributed by atoms with E-state index in [4.69, 9.17) is 11.2 Å². The van der Waals surface area contributed by atoms with E-state index in [9.17, 15) is 14.4 Å². The van der Waals surface area contributed by atoms with Crippen molar-refractivity contribution in [1.82, 2.24) is 15.2 Å². The quantitative estimate of drug-likeness (QED) is 0.0779. The molecule has 7 nitrogen and oxygen atoms in total. The molecule has 0 bridgehead atoms. The van der Waals surface area contributed by atoms with Gasteiger partial charge in [0, 0.05) is 53.7 Å². The fourth-order valence-corrected chi connectivity index (χ4v) is 5.13. The first-order chi connectivity index (χ1) is 23.5. The van der Waals surface area contributed by atoms with Crippen molar-refractivity contribution in [3.63, 3.8) is 0 Å². The van der Waals surface area contributed by atoms with Crippen LogP contribution in [0.3, 0.4) is 0 Å². The molecule has 1 aromatic heterocycles. The molecular weight excluding hydrogens is 598 g/mol. The van der Waals surface area contributed by atoms with Gasteiger partial charge in [-0.2, -0.15) is 0 Å². The standard InChI is InChI=1S/C41H37N3O4/c1-2-3-10-25-44(41(47)35-17-15-34(16-18-35)40(46)33-13-8-5-9-14-33)26-27-48-38-23-20-32(21-24-38)36-19-22-37(42-30-36)28-39(45)43-29-31-11-6-4-7-12-31/h1,4-9,11-24,30H,3,10,25-29H2,(H,43,45). The van der Waals surface area contributed by atoms with Crippen molar-refractivity contribution in [2.75, 3.05) is 19.7 Å². The average Bonchev–Trinajstić information content (AvgIpc) is 3.14. The zero-order valence-electron chi connectivity index (χ0n) is 26.7. The number of carbonyl (C=O) groups is 3. The van der Waals surface area contributed by atoms with Gasteiger partial charge in [-0.05, 0) is 47.9 Å². The van der Waals surface area contributed by atoms with Crippen molar-refractivity contribution >= 4 is 17.6 Å². The molecule has 0 radical (unpaired) electrons. The van der Waals surface area contributed by atoms with E-state index in [1.165, 1.54) is 0 Å². The number of amides is 2. The number of carbonyl (C=O) groups excluding carboxylic acids is 3. The molecule has 0 aliphatic rings. The Bertz CT molecular complexity index is 1830. The molecule has 0 spiro atoms. The summed E-state index contributed by atoms with van der Waals surface area (Å²) < 4.78 is 6.00. The van der Waals surface area contributed by atoms with Gasteiger partial charge in [0.1, 0.15) is 12.4 Å². The van der Waals surface area contributed by atoms with Crippen LogP contribution in [-0.4, -0.2) is 47.2 Å². The van der Waals surface area contributed by atoms with E-state index >= 15 is 0 Å². The van der Waals surface area contributed by atoms with Gasteiger partial charge in [-0.15, -0.1) is 12.3 Å². The molecule has 0 aliphatic carbocycles. The number of pyridine rings is 1. The molecule has 0 saturated carbocycles. The lowest BCUT2D eigenvalue weighted by Gasteiger charge is -2.23. The van der Waals surface area contributed by atoms with Crippen LogP contribution in [0.4, 0.5) is 0 Å². The molecule has 5 rings (SSSR count). The van der Waals surface area contributed by atoms with E-state index in [2.05, 4.69) is 16.2 Å². The SMILES string of the molecule is C#CCCCN(CCOc1ccc(-c2ccc(CC(=O)NCc3ccccc3)nc2)cc1)C(=O)c1ccc(C(=O)c2ccccc2)cc1. The van der Waals surface area contributed by atoms with Crippen LogP contribution in [0.15, 0.2) is 128 Å². The summed E-state index contributed by atoms with van der Waals surface area (Å²) >= 11 is 0. The first-order valence-corrected chi connectivity index (χ1v) is 15.9. The summed E-state index contributed by atoms with van der Waals surface area (Å²) in [6, 6.07) is 37.1. The van der Waals surface area contributed by atoms with Gasteiger partial charge in [-0.3, -0.25) is 19.4 Å². The molecule has 1 N–H and O–H groups in total. The minimum atomic E-state index is -0.144. The van der Waals surface area contributed by atoms with Crippen molar-refractivity contribution in [2.24, 2.45) is 0 Å². The molecule has 7 heteroatoms. The minimum absolute atomic E-state index is 0.0786. The molecule has 0 atom stereocenters. The molecule has 240 valence electrons. The minimum Gasteiger partial charge on any atom is -0.492 e. The van der Waals surface area contributed by atoms with Crippen LogP contribution in [-0.2, 0) is 17.8 Å². The molecule has 1 heterocycles. The van der Waals surface area contributed by atoms with Crippen molar-refractivity contribution in [1.29, 1.82) is 0 Å². The zero-order chi connectivity index (χ0) is 33.6. The normalized spacial score (nSPS) is 10.5. The van der Waals surface area contributed by atoms with E-state index in [0.717, 1.165) is 16.7 Å². The van der Waals surface area contributed by atoms with Crippen LogP contribution < -0.4 is 10.1 Å². The maximum Gasteiger partial charge on any atom is 0.253 e. The fourth-order valence-electron chi connectivity index (χ4n) is 5.13. The van der Waals surface area contributed by atoms with Gasteiger partial charge in [0.25, 0.3) is 5.91 Å². The number of ketones is 1. The maximum absolute atomic E-state index is 13.4. The summed E-state index contributed by atoms with van der Waals surface area (Å²) in [5.74, 6) is 3.00. The Morgan fingerprint density at radius 2 is 1.38 bits per heavy atom. The summed E-state index contributed by atoms with van der Waals surface area (Å²) in [6.45, 7) is 1.65. The summed E-state index contributed by atoms with van der Waals surface area (Å²) in [5.41, 5.74) is 5.26. The summed E-state index contributed by atoms with van der Waals surface area (Å²) in [4.78, 5) is 44.8. The highest BCUT2D eigenvalue weighted by atomic mass is 16.5. The van der Waals surface area contributed by atoms with E-state index < -0.39 is 0 Å². The molecule has 4 aromatic carbocycles. The molecule has 48 heavy (non-hydrogen) atoms. The maximum atomic E-state index is 13.4. The smallest absolute Gasteiger partial charge is 0.253 e. The van der Waals surface area contributed by atoms with Gasteiger partial charge in [0.15, 0.2) is 5.78 Å². The topological polar surface area (TPSA) is 88.6 Å². The third-order valence-corrected chi connectivity index (χ3v) is 7.78. The van der Waals surface area contributed by atoms with E-state index in [1.807, 2.05) is 84.9 Å². The summed E-state index contributed by atoms with van der Waals surface area (Å²) in [5, 5.41) is 2.93. The predicted molar refractivity (Wildman–Crippen MR) is 187 cm³/mol. The first-order valence-electron chi connectivity index (χ1n) is 15.9.